The minimum Gasteiger partial charge on any atom is -0.353 e. The number of rotatable bonds is 6. The van der Waals surface area contributed by atoms with Crippen LogP contribution < -0.4 is 5.32 Å². The molecule has 7 heteroatoms. The lowest BCUT2D eigenvalue weighted by atomic mass is 9.78. The third-order valence-corrected chi connectivity index (χ3v) is 6.03. The van der Waals surface area contributed by atoms with E-state index in [1.54, 1.807) is 23.1 Å². The van der Waals surface area contributed by atoms with E-state index < -0.39 is 5.41 Å². The van der Waals surface area contributed by atoms with E-state index in [4.69, 9.17) is 0 Å². The van der Waals surface area contributed by atoms with Gasteiger partial charge in [0.15, 0.2) is 0 Å². The average molecular weight is 447 g/mol. The molecule has 3 aromatic rings. The van der Waals surface area contributed by atoms with Gasteiger partial charge in [0, 0.05) is 37.1 Å². The molecule has 1 N–H and O–H groups in total. The van der Waals surface area contributed by atoms with E-state index in [9.17, 15) is 14.0 Å². The molecular formula is C26H27FN4O2. The van der Waals surface area contributed by atoms with Gasteiger partial charge in [0.2, 0.25) is 5.91 Å². The second kappa shape index (κ2) is 9.48. The zero-order valence-corrected chi connectivity index (χ0v) is 18.8. The third-order valence-electron chi connectivity index (χ3n) is 6.03. The number of hydrogen-bond acceptors (Lipinski definition) is 4. The third kappa shape index (κ3) is 4.77. The standard InChI is InChI=1S/C26H27FN4O2/c1-18(2)30-25(33)26(11-14-31(17-26)24(32)23-16-28-12-13-29-23)15-19-7-3-4-8-20(19)21-9-5-6-10-22(21)27/h3-10,12-13,16,18H,11,14-15,17H2,1-2H3,(H,30,33)/t26-/m0/s1. The molecule has 2 aromatic carbocycles. The Bertz CT molecular complexity index is 1150. The number of halogens is 1. The van der Waals surface area contributed by atoms with Crippen LogP contribution in [0.15, 0.2) is 67.1 Å². The van der Waals surface area contributed by atoms with Crippen LogP contribution in [-0.2, 0) is 11.2 Å². The van der Waals surface area contributed by atoms with Gasteiger partial charge in [0.25, 0.3) is 5.91 Å². The molecule has 0 radical (unpaired) electrons. The first-order chi connectivity index (χ1) is 15.9. The summed E-state index contributed by atoms with van der Waals surface area (Å²) in [5, 5.41) is 3.04. The summed E-state index contributed by atoms with van der Waals surface area (Å²) in [6.45, 7) is 4.52. The van der Waals surface area contributed by atoms with Crippen molar-refractivity contribution in [3.63, 3.8) is 0 Å². The van der Waals surface area contributed by atoms with E-state index >= 15 is 0 Å². The van der Waals surface area contributed by atoms with E-state index in [0.29, 0.717) is 24.9 Å². The highest BCUT2D eigenvalue weighted by molar-refractivity contribution is 5.93. The van der Waals surface area contributed by atoms with Crippen molar-refractivity contribution >= 4 is 11.8 Å². The summed E-state index contributed by atoms with van der Waals surface area (Å²) in [6.07, 6.45) is 5.32. The predicted octanol–water partition coefficient (Wildman–Crippen LogP) is 3.88. The lowest BCUT2D eigenvalue weighted by Gasteiger charge is -2.30. The van der Waals surface area contributed by atoms with Gasteiger partial charge in [0.1, 0.15) is 11.5 Å². The Morgan fingerprint density at radius 3 is 2.52 bits per heavy atom. The Balaban J connectivity index is 1.68. The molecule has 170 valence electrons. The largest absolute Gasteiger partial charge is 0.353 e. The number of likely N-dealkylation sites (tertiary alicyclic amines) is 1. The molecule has 0 aliphatic carbocycles. The minimum atomic E-state index is -0.830. The van der Waals surface area contributed by atoms with Crippen molar-refractivity contribution in [2.45, 2.75) is 32.7 Å². The molecular weight excluding hydrogens is 419 g/mol. The molecule has 1 atom stereocenters. The number of nitrogens with one attached hydrogen (secondary N) is 1. The summed E-state index contributed by atoms with van der Waals surface area (Å²) in [4.78, 5) is 36.2. The summed E-state index contributed by atoms with van der Waals surface area (Å²) in [7, 11) is 0. The van der Waals surface area contributed by atoms with Crippen LogP contribution in [-0.4, -0.2) is 45.8 Å². The molecule has 1 saturated heterocycles. The number of hydrogen-bond donors (Lipinski definition) is 1. The summed E-state index contributed by atoms with van der Waals surface area (Å²) in [5.41, 5.74) is 1.55. The number of benzene rings is 2. The number of aromatic nitrogens is 2. The minimum absolute atomic E-state index is 0.0408. The highest BCUT2D eigenvalue weighted by atomic mass is 19.1. The predicted molar refractivity (Wildman–Crippen MR) is 124 cm³/mol. The highest BCUT2D eigenvalue weighted by Gasteiger charge is 2.46. The lowest BCUT2D eigenvalue weighted by Crippen LogP contribution is -2.47. The van der Waals surface area contributed by atoms with E-state index in [2.05, 4.69) is 15.3 Å². The van der Waals surface area contributed by atoms with Crippen LogP contribution in [0.4, 0.5) is 4.39 Å². The highest BCUT2D eigenvalue weighted by Crippen LogP contribution is 2.38. The molecule has 4 rings (SSSR count). The Morgan fingerprint density at radius 1 is 1.09 bits per heavy atom. The fourth-order valence-electron chi connectivity index (χ4n) is 4.42. The van der Waals surface area contributed by atoms with Gasteiger partial charge in [0.05, 0.1) is 11.6 Å². The molecule has 0 unspecified atom stereocenters. The molecule has 1 fully saturated rings. The maximum absolute atomic E-state index is 14.6. The quantitative estimate of drug-likeness (QED) is 0.624. The topological polar surface area (TPSA) is 75.2 Å². The van der Waals surface area contributed by atoms with Crippen molar-refractivity contribution in [2.24, 2.45) is 5.41 Å². The van der Waals surface area contributed by atoms with Gasteiger partial charge >= 0.3 is 0 Å². The Kier molecular flexibility index (Phi) is 6.49. The van der Waals surface area contributed by atoms with Gasteiger partial charge in [-0.1, -0.05) is 42.5 Å². The van der Waals surface area contributed by atoms with Gasteiger partial charge in [-0.05, 0) is 43.9 Å². The number of nitrogens with zero attached hydrogens (tertiary/aromatic N) is 3. The SMILES string of the molecule is CC(C)NC(=O)[C@]1(Cc2ccccc2-c2ccccc2F)CCN(C(=O)c2cnccn2)C1. The maximum atomic E-state index is 14.6. The monoisotopic (exact) mass is 446 g/mol. The van der Waals surface area contributed by atoms with Crippen LogP contribution in [0.5, 0.6) is 0 Å². The van der Waals surface area contributed by atoms with E-state index in [-0.39, 0.29) is 35.9 Å². The molecule has 1 aliphatic rings. The molecule has 2 amide bonds. The first-order valence-corrected chi connectivity index (χ1v) is 11.1. The Labute approximate surface area is 192 Å². The molecule has 2 heterocycles. The van der Waals surface area contributed by atoms with Gasteiger partial charge in [-0.25, -0.2) is 9.37 Å². The molecule has 1 aliphatic heterocycles. The van der Waals surface area contributed by atoms with Crippen molar-refractivity contribution in [1.29, 1.82) is 0 Å². The number of amides is 2. The number of carbonyl (C=O) groups excluding carboxylic acids is 2. The molecule has 0 saturated carbocycles. The normalized spacial score (nSPS) is 17.9. The fraction of sp³-hybridized carbons (Fsp3) is 0.308. The fourth-order valence-corrected chi connectivity index (χ4v) is 4.42. The lowest BCUT2D eigenvalue weighted by molar-refractivity contribution is -0.130. The van der Waals surface area contributed by atoms with Gasteiger partial charge in [-0.2, -0.15) is 0 Å². The summed E-state index contributed by atoms with van der Waals surface area (Å²) < 4.78 is 14.6. The van der Waals surface area contributed by atoms with Crippen LogP contribution in [0.25, 0.3) is 11.1 Å². The maximum Gasteiger partial charge on any atom is 0.274 e. The van der Waals surface area contributed by atoms with Gasteiger partial charge < -0.3 is 10.2 Å². The first kappa shape index (κ1) is 22.6. The Hall–Kier alpha value is -3.61. The van der Waals surface area contributed by atoms with Crippen LogP contribution in [0.3, 0.4) is 0 Å². The summed E-state index contributed by atoms with van der Waals surface area (Å²) >= 11 is 0. The van der Waals surface area contributed by atoms with Crippen molar-refractivity contribution in [3.05, 3.63) is 84.2 Å². The molecule has 0 spiro atoms. The van der Waals surface area contributed by atoms with Crippen LogP contribution >= 0.6 is 0 Å². The van der Waals surface area contributed by atoms with Crippen molar-refractivity contribution < 1.29 is 14.0 Å². The van der Waals surface area contributed by atoms with Crippen LogP contribution in [0.2, 0.25) is 0 Å². The van der Waals surface area contributed by atoms with Crippen molar-refractivity contribution in [2.75, 3.05) is 13.1 Å². The number of carbonyl (C=O) groups is 2. The van der Waals surface area contributed by atoms with Crippen molar-refractivity contribution in [3.8, 4) is 11.1 Å². The Morgan fingerprint density at radius 2 is 1.82 bits per heavy atom. The molecule has 0 bridgehead atoms. The van der Waals surface area contributed by atoms with Crippen molar-refractivity contribution in [1.82, 2.24) is 20.2 Å². The summed E-state index contributed by atoms with van der Waals surface area (Å²) in [6, 6.07) is 14.2. The smallest absolute Gasteiger partial charge is 0.274 e. The molecule has 33 heavy (non-hydrogen) atoms. The second-order valence-corrected chi connectivity index (χ2v) is 8.79. The van der Waals surface area contributed by atoms with E-state index in [0.717, 1.165) is 11.1 Å². The van der Waals surface area contributed by atoms with E-state index in [1.807, 2.05) is 38.1 Å². The molecule has 1 aromatic heterocycles. The second-order valence-electron chi connectivity index (χ2n) is 8.79. The summed E-state index contributed by atoms with van der Waals surface area (Å²) in [5.74, 6) is -0.656. The van der Waals surface area contributed by atoms with Gasteiger partial charge in [-0.15, -0.1) is 0 Å². The average Bonchev–Trinajstić information content (AvgIpc) is 3.25. The first-order valence-electron chi connectivity index (χ1n) is 11.1. The zero-order valence-electron chi connectivity index (χ0n) is 18.8. The zero-order chi connectivity index (χ0) is 23.4. The van der Waals surface area contributed by atoms with Crippen LogP contribution in [0, 0.1) is 11.2 Å². The molecule has 6 nitrogen and oxygen atoms in total. The van der Waals surface area contributed by atoms with E-state index in [1.165, 1.54) is 24.7 Å². The van der Waals surface area contributed by atoms with Crippen LogP contribution in [0.1, 0.15) is 36.3 Å². The van der Waals surface area contributed by atoms with Gasteiger partial charge in [-0.3, -0.25) is 14.6 Å².